The van der Waals surface area contributed by atoms with E-state index in [0.29, 0.717) is 65.3 Å². The molecule has 220 valence electrons. The fraction of sp³-hybridized carbons (Fsp3) is 0.893. The predicted molar refractivity (Wildman–Crippen MR) is 139 cm³/mol. The normalized spacial score (nSPS) is 30.9. The Hall–Kier alpha value is -1.85. The van der Waals surface area contributed by atoms with Gasteiger partial charge in [-0.25, -0.2) is 8.78 Å². The Morgan fingerprint density at radius 1 is 1.08 bits per heavy atom. The third kappa shape index (κ3) is 6.10. The van der Waals surface area contributed by atoms with E-state index in [9.17, 15) is 23.2 Å². The minimum atomic E-state index is -2.60. The number of halogens is 2. The summed E-state index contributed by atoms with van der Waals surface area (Å²) in [5.74, 6) is -3.12. The lowest BCUT2D eigenvalue weighted by Gasteiger charge is -2.50. The highest BCUT2D eigenvalue weighted by atomic mass is 19.3. The maximum Gasteiger partial charge on any atom is 0.248 e. The maximum absolute atomic E-state index is 13.7. The van der Waals surface area contributed by atoms with Gasteiger partial charge in [-0.1, -0.05) is 13.8 Å². The number of carbonyl (C=O) groups is 3. The van der Waals surface area contributed by atoms with Crippen LogP contribution < -0.4 is 10.6 Å². The zero-order valence-electron chi connectivity index (χ0n) is 23.5. The van der Waals surface area contributed by atoms with Gasteiger partial charge in [0.15, 0.2) is 0 Å². The van der Waals surface area contributed by atoms with Gasteiger partial charge in [-0.2, -0.15) is 0 Å². The molecule has 3 aliphatic heterocycles. The van der Waals surface area contributed by atoms with E-state index >= 15 is 0 Å². The first-order chi connectivity index (χ1) is 18.4. The van der Waals surface area contributed by atoms with Crippen LogP contribution in [0.3, 0.4) is 0 Å². The van der Waals surface area contributed by atoms with E-state index < -0.39 is 18.1 Å². The van der Waals surface area contributed by atoms with Crippen LogP contribution in [0, 0.1) is 28.6 Å². The maximum atomic E-state index is 13.7. The topological polar surface area (TPSA) is 100 Å². The second-order valence-electron chi connectivity index (χ2n) is 13.2. The molecule has 39 heavy (non-hydrogen) atoms. The summed E-state index contributed by atoms with van der Waals surface area (Å²) in [7, 11) is 0. The minimum absolute atomic E-state index is 0.0131. The molecule has 5 aliphatic rings. The first-order valence-electron chi connectivity index (χ1n) is 14.6. The summed E-state index contributed by atoms with van der Waals surface area (Å²) in [6, 6.07) is -0.886. The molecule has 0 aromatic heterocycles. The van der Waals surface area contributed by atoms with Crippen molar-refractivity contribution in [1.82, 2.24) is 20.4 Å². The van der Waals surface area contributed by atoms with Gasteiger partial charge in [0, 0.05) is 70.0 Å². The van der Waals surface area contributed by atoms with Crippen molar-refractivity contribution in [2.45, 2.75) is 70.9 Å². The molecule has 1 unspecified atom stereocenters. The van der Waals surface area contributed by atoms with Gasteiger partial charge < -0.3 is 29.9 Å². The molecule has 3 saturated heterocycles. The summed E-state index contributed by atoms with van der Waals surface area (Å²) in [4.78, 5) is 43.7. The molecule has 0 bridgehead atoms. The zero-order valence-corrected chi connectivity index (χ0v) is 23.5. The highest BCUT2D eigenvalue weighted by molar-refractivity contribution is 5.90. The van der Waals surface area contributed by atoms with Gasteiger partial charge in [0.2, 0.25) is 23.6 Å². The number of carbonyl (C=O) groups excluding carboxylic acids is 3. The number of alkyl halides is 2. The number of rotatable bonds is 8. The molecule has 0 radical (unpaired) electrons. The number of nitrogens with zero attached hydrogens (tertiary/aromatic N) is 2. The number of ether oxygens (including phenoxy) is 2. The molecule has 3 heterocycles. The van der Waals surface area contributed by atoms with Crippen molar-refractivity contribution in [3.8, 4) is 0 Å². The number of amides is 3. The van der Waals surface area contributed by atoms with Gasteiger partial charge in [0.05, 0.1) is 25.2 Å². The van der Waals surface area contributed by atoms with Crippen LogP contribution >= 0.6 is 0 Å². The van der Waals surface area contributed by atoms with Crippen molar-refractivity contribution >= 4 is 17.7 Å². The minimum Gasteiger partial charge on any atom is -0.378 e. The van der Waals surface area contributed by atoms with Crippen molar-refractivity contribution in [3.63, 3.8) is 0 Å². The number of hydrogen-bond acceptors (Lipinski definition) is 6. The lowest BCUT2D eigenvalue weighted by molar-refractivity contribution is -0.153. The van der Waals surface area contributed by atoms with Crippen LogP contribution in [0.5, 0.6) is 0 Å². The van der Waals surface area contributed by atoms with Crippen LogP contribution in [0.2, 0.25) is 0 Å². The van der Waals surface area contributed by atoms with E-state index in [-0.39, 0.29) is 65.8 Å². The standard InChI is InChI=1S/C28H44F2N4O5/c1-18(39-14-19-4-6-28(29,30)7-5-19)22(25(37)33-8-10-38-11-9-33)32-23(35)21-13-31-15-27(21)16-34(17-27)24(36)20-12-26(20,2)3/h18-22,31H,4-17H2,1-3H3,(H,32,35)/t18-,20-,21?,22+/m1/s1. The number of hydrogen-bond donors (Lipinski definition) is 2. The van der Waals surface area contributed by atoms with Crippen molar-refractivity contribution in [1.29, 1.82) is 0 Å². The van der Waals surface area contributed by atoms with Gasteiger partial charge in [0.1, 0.15) is 6.04 Å². The van der Waals surface area contributed by atoms with Crippen molar-refractivity contribution in [2.75, 3.05) is 59.1 Å². The molecule has 2 N–H and O–H groups in total. The Bertz CT molecular complexity index is 940. The summed E-state index contributed by atoms with van der Waals surface area (Å²) >= 11 is 0. The molecule has 5 fully saturated rings. The van der Waals surface area contributed by atoms with Gasteiger partial charge >= 0.3 is 0 Å². The van der Waals surface area contributed by atoms with Crippen LogP contribution in [-0.4, -0.2) is 105 Å². The van der Waals surface area contributed by atoms with E-state index in [2.05, 4.69) is 24.5 Å². The predicted octanol–water partition coefficient (Wildman–Crippen LogP) is 1.65. The Morgan fingerprint density at radius 3 is 2.33 bits per heavy atom. The van der Waals surface area contributed by atoms with Crippen molar-refractivity contribution < 1.29 is 32.6 Å². The van der Waals surface area contributed by atoms with E-state index in [1.54, 1.807) is 11.8 Å². The third-order valence-electron chi connectivity index (χ3n) is 9.80. The number of nitrogens with one attached hydrogen (secondary N) is 2. The first kappa shape index (κ1) is 28.7. The summed E-state index contributed by atoms with van der Waals surface area (Å²) < 4.78 is 38.6. The molecule has 2 aliphatic carbocycles. The molecule has 4 atom stereocenters. The van der Waals surface area contributed by atoms with Gasteiger partial charge in [0.25, 0.3) is 0 Å². The van der Waals surface area contributed by atoms with Crippen LogP contribution in [-0.2, 0) is 23.9 Å². The molecular weight excluding hydrogens is 510 g/mol. The smallest absolute Gasteiger partial charge is 0.248 e. The Kier molecular flexibility index (Phi) is 7.98. The lowest BCUT2D eigenvalue weighted by atomic mass is 9.70. The SMILES string of the molecule is C[C@@H](OCC1CCC(F)(F)CC1)[C@H](NC(=O)C1CNCC12CN(C(=O)[C@H]1CC1(C)C)C2)C(=O)N1CCOCC1. The fourth-order valence-electron chi connectivity index (χ4n) is 6.75. The Morgan fingerprint density at radius 2 is 1.72 bits per heavy atom. The molecule has 3 amide bonds. The Labute approximate surface area is 229 Å². The largest absolute Gasteiger partial charge is 0.378 e. The van der Waals surface area contributed by atoms with Crippen LogP contribution in [0.15, 0.2) is 0 Å². The van der Waals surface area contributed by atoms with E-state index in [0.717, 1.165) is 6.42 Å². The average Bonchev–Trinajstić information content (AvgIpc) is 3.30. The monoisotopic (exact) mass is 554 g/mol. The molecule has 1 spiro atoms. The second kappa shape index (κ2) is 10.9. The number of morpholine rings is 1. The van der Waals surface area contributed by atoms with Crippen LogP contribution in [0.25, 0.3) is 0 Å². The summed E-state index contributed by atoms with van der Waals surface area (Å²) in [6.07, 6.45) is 0.779. The quantitative estimate of drug-likeness (QED) is 0.474. The highest BCUT2D eigenvalue weighted by Crippen LogP contribution is 2.54. The third-order valence-corrected chi connectivity index (χ3v) is 9.80. The molecule has 2 saturated carbocycles. The van der Waals surface area contributed by atoms with Crippen molar-refractivity contribution in [2.24, 2.45) is 28.6 Å². The van der Waals surface area contributed by atoms with Crippen molar-refractivity contribution in [3.05, 3.63) is 0 Å². The fourth-order valence-corrected chi connectivity index (χ4v) is 6.75. The summed E-state index contributed by atoms with van der Waals surface area (Å²) in [5, 5.41) is 6.35. The van der Waals surface area contributed by atoms with Gasteiger partial charge in [-0.3, -0.25) is 14.4 Å². The van der Waals surface area contributed by atoms with Gasteiger partial charge in [-0.15, -0.1) is 0 Å². The van der Waals surface area contributed by atoms with E-state index in [4.69, 9.17) is 9.47 Å². The molecule has 0 aromatic rings. The molecule has 9 nitrogen and oxygen atoms in total. The van der Waals surface area contributed by atoms with Crippen LogP contribution in [0.1, 0.15) is 52.9 Å². The zero-order chi connectivity index (χ0) is 28.0. The highest BCUT2D eigenvalue weighted by Gasteiger charge is 2.60. The average molecular weight is 555 g/mol. The Balaban J connectivity index is 1.21. The lowest BCUT2D eigenvalue weighted by Crippen LogP contribution is -2.65. The molecule has 11 heteroatoms. The van der Waals surface area contributed by atoms with E-state index in [1.165, 1.54) is 0 Å². The molecular formula is C28H44F2N4O5. The van der Waals surface area contributed by atoms with Gasteiger partial charge in [-0.05, 0) is 37.5 Å². The van der Waals surface area contributed by atoms with Crippen LogP contribution in [0.4, 0.5) is 8.78 Å². The second-order valence-corrected chi connectivity index (χ2v) is 13.2. The molecule has 0 aromatic carbocycles. The summed E-state index contributed by atoms with van der Waals surface area (Å²) in [5.41, 5.74) is -0.269. The van der Waals surface area contributed by atoms with E-state index in [1.807, 2.05) is 4.90 Å². The summed E-state index contributed by atoms with van der Waals surface area (Å²) in [6.45, 7) is 10.3. The number of likely N-dealkylation sites (tertiary alicyclic amines) is 1. The first-order valence-corrected chi connectivity index (χ1v) is 14.6. The molecule has 5 rings (SSSR count).